The van der Waals surface area contributed by atoms with Crippen LogP contribution in [-0.4, -0.2) is 27.4 Å². The van der Waals surface area contributed by atoms with Crippen molar-refractivity contribution in [1.29, 1.82) is 0 Å². The number of aliphatic hydroxyl groups excluding tert-OH is 1. The molecule has 0 saturated carbocycles. The lowest BCUT2D eigenvalue weighted by molar-refractivity contribution is 0.0914. The fourth-order valence-corrected chi connectivity index (χ4v) is 3.39. The van der Waals surface area contributed by atoms with Crippen LogP contribution in [0.15, 0.2) is 72.8 Å². The van der Waals surface area contributed by atoms with E-state index in [1.165, 1.54) is 5.56 Å². The molecule has 0 aliphatic heterocycles. The van der Waals surface area contributed by atoms with Crippen LogP contribution in [0.1, 0.15) is 17.0 Å². The van der Waals surface area contributed by atoms with Crippen LogP contribution >= 0.6 is 0 Å². The van der Waals surface area contributed by atoms with E-state index < -0.39 is 6.10 Å². The van der Waals surface area contributed by atoms with Crippen molar-refractivity contribution in [2.24, 2.45) is 0 Å². The van der Waals surface area contributed by atoms with Crippen molar-refractivity contribution in [3.63, 3.8) is 0 Å². The van der Waals surface area contributed by atoms with Gasteiger partial charge in [-0.05, 0) is 49.7 Å². The van der Waals surface area contributed by atoms with Crippen LogP contribution in [0.5, 0.6) is 11.5 Å². The lowest BCUT2D eigenvalue weighted by atomic mass is 10.2. The minimum absolute atomic E-state index is 0.204. The molecular formula is C25H26N2O3. The third kappa shape index (κ3) is 4.63. The van der Waals surface area contributed by atoms with Crippen molar-refractivity contribution in [3.8, 4) is 11.5 Å². The summed E-state index contributed by atoms with van der Waals surface area (Å²) in [4.78, 5) is 4.72. The van der Waals surface area contributed by atoms with Crippen LogP contribution in [0.3, 0.4) is 0 Å². The summed E-state index contributed by atoms with van der Waals surface area (Å²) < 4.78 is 13.8. The Morgan fingerprint density at radius 3 is 2.43 bits per heavy atom. The Morgan fingerprint density at radius 2 is 1.63 bits per heavy atom. The first-order valence-electron chi connectivity index (χ1n) is 10.1. The number of aryl methyl sites for hydroxylation is 2. The van der Waals surface area contributed by atoms with E-state index in [4.69, 9.17) is 14.5 Å². The van der Waals surface area contributed by atoms with Gasteiger partial charge in [-0.1, -0.05) is 48.0 Å². The Balaban J connectivity index is 1.49. The predicted molar refractivity (Wildman–Crippen MR) is 118 cm³/mol. The molecule has 4 aromatic rings. The molecule has 1 atom stereocenters. The first-order chi connectivity index (χ1) is 14.6. The van der Waals surface area contributed by atoms with Gasteiger partial charge in [0.25, 0.3) is 0 Å². The normalized spacial score (nSPS) is 12.1. The molecule has 0 saturated heterocycles. The molecule has 154 valence electrons. The minimum Gasteiger partial charge on any atom is -0.491 e. The van der Waals surface area contributed by atoms with Crippen molar-refractivity contribution in [1.82, 2.24) is 9.55 Å². The topological polar surface area (TPSA) is 56.5 Å². The van der Waals surface area contributed by atoms with E-state index in [-0.39, 0.29) is 6.61 Å². The molecule has 1 heterocycles. The van der Waals surface area contributed by atoms with Crippen LogP contribution in [0.4, 0.5) is 0 Å². The Hall–Kier alpha value is -3.31. The van der Waals surface area contributed by atoms with Crippen molar-refractivity contribution in [2.75, 3.05) is 6.61 Å². The summed E-state index contributed by atoms with van der Waals surface area (Å²) in [7, 11) is 0. The molecule has 0 bridgehead atoms. The SMILES string of the molecule is Cc1ccc(OCc2nc3ccccc3n2C[C@H](O)COc2ccccc2C)cc1. The van der Waals surface area contributed by atoms with E-state index in [1.807, 2.05) is 91.2 Å². The molecule has 3 aromatic carbocycles. The number of aromatic nitrogens is 2. The summed E-state index contributed by atoms with van der Waals surface area (Å²) in [6.45, 7) is 4.94. The van der Waals surface area contributed by atoms with Gasteiger partial charge in [0, 0.05) is 0 Å². The zero-order valence-electron chi connectivity index (χ0n) is 17.3. The smallest absolute Gasteiger partial charge is 0.148 e. The molecule has 1 aromatic heterocycles. The van der Waals surface area contributed by atoms with Gasteiger partial charge in [-0.15, -0.1) is 0 Å². The number of nitrogens with zero attached hydrogens (tertiary/aromatic N) is 2. The number of hydrogen-bond donors (Lipinski definition) is 1. The number of benzene rings is 3. The number of rotatable bonds is 8. The molecule has 0 spiro atoms. The van der Waals surface area contributed by atoms with Gasteiger partial charge in [0.15, 0.2) is 0 Å². The molecule has 5 nitrogen and oxygen atoms in total. The number of para-hydroxylation sites is 3. The van der Waals surface area contributed by atoms with Crippen LogP contribution in [0, 0.1) is 13.8 Å². The van der Waals surface area contributed by atoms with Crippen LogP contribution in [0.2, 0.25) is 0 Å². The Bertz CT molecular complexity index is 1120. The summed E-state index contributed by atoms with van der Waals surface area (Å²) in [5, 5.41) is 10.7. The highest BCUT2D eigenvalue weighted by atomic mass is 16.5. The van der Waals surface area contributed by atoms with E-state index in [1.54, 1.807) is 0 Å². The Kier molecular flexibility index (Phi) is 6.00. The zero-order valence-corrected chi connectivity index (χ0v) is 17.3. The van der Waals surface area contributed by atoms with Gasteiger partial charge in [-0.25, -0.2) is 4.98 Å². The average Bonchev–Trinajstić information content (AvgIpc) is 3.10. The molecule has 30 heavy (non-hydrogen) atoms. The molecule has 0 unspecified atom stereocenters. The van der Waals surface area contributed by atoms with Gasteiger partial charge in [-0.2, -0.15) is 0 Å². The fourth-order valence-electron chi connectivity index (χ4n) is 3.39. The molecule has 4 rings (SSSR count). The predicted octanol–water partition coefficient (Wildman–Crippen LogP) is 4.67. The maximum absolute atomic E-state index is 10.7. The largest absolute Gasteiger partial charge is 0.491 e. The van der Waals surface area contributed by atoms with Gasteiger partial charge in [0.2, 0.25) is 0 Å². The summed E-state index contributed by atoms with van der Waals surface area (Å²) in [5.74, 6) is 2.35. The summed E-state index contributed by atoms with van der Waals surface area (Å²) in [5.41, 5.74) is 4.08. The lowest BCUT2D eigenvalue weighted by Crippen LogP contribution is -2.25. The first kappa shape index (κ1) is 20.0. The number of ether oxygens (including phenoxy) is 2. The van der Waals surface area contributed by atoms with Crippen molar-refractivity contribution >= 4 is 11.0 Å². The molecule has 5 heteroatoms. The van der Waals surface area contributed by atoms with E-state index in [9.17, 15) is 5.11 Å². The number of fused-ring (bicyclic) bond motifs is 1. The second-order valence-electron chi connectivity index (χ2n) is 7.46. The standard InChI is InChI=1S/C25H26N2O3/c1-18-11-13-21(14-12-18)29-17-25-26-22-8-4-5-9-23(22)27(25)15-20(28)16-30-24-10-6-3-7-19(24)2/h3-14,20,28H,15-17H2,1-2H3/t20-/m0/s1. The molecule has 0 fully saturated rings. The van der Waals surface area contributed by atoms with E-state index >= 15 is 0 Å². The lowest BCUT2D eigenvalue weighted by Gasteiger charge is -2.17. The van der Waals surface area contributed by atoms with Crippen LogP contribution < -0.4 is 9.47 Å². The maximum atomic E-state index is 10.7. The van der Waals surface area contributed by atoms with Gasteiger partial charge < -0.3 is 19.1 Å². The molecule has 0 amide bonds. The van der Waals surface area contributed by atoms with Crippen LogP contribution in [0.25, 0.3) is 11.0 Å². The summed E-state index contributed by atoms with van der Waals surface area (Å²) in [6, 6.07) is 23.7. The zero-order chi connectivity index (χ0) is 20.9. The molecule has 1 N–H and O–H groups in total. The molecule has 0 radical (unpaired) electrons. The third-order valence-electron chi connectivity index (χ3n) is 5.04. The summed E-state index contributed by atoms with van der Waals surface area (Å²) >= 11 is 0. The van der Waals surface area contributed by atoms with Gasteiger partial charge in [0.1, 0.15) is 36.6 Å². The minimum atomic E-state index is -0.680. The number of aliphatic hydroxyl groups is 1. The maximum Gasteiger partial charge on any atom is 0.148 e. The van der Waals surface area contributed by atoms with E-state index in [2.05, 4.69) is 0 Å². The Labute approximate surface area is 176 Å². The van der Waals surface area contributed by atoms with E-state index in [0.29, 0.717) is 13.2 Å². The highest BCUT2D eigenvalue weighted by Gasteiger charge is 2.15. The molecular weight excluding hydrogens is 376 g/mol. The van der Waals surface area contributed by atoms with Crippen molar-refractivity contribution in [2.45, 2.75) is 33.1 Å². The first-order valence-corrected chi connectivity index (χ1v) is 10.1. The quantitative estimate of drug-likeness (QED) is 0.465. The van der Waals surface area contributed by atoms with Gasteiger partial charge in [0.05, 0.1) is 17.6 Å². The fraction of sp³-hybridized carbons (Fsp3) is 0.240. The van der Waals surface area contributed by atoms with Crippen LogP contribution in [-0.2, 0) is 13.2 Å². The summed E-state index contributed by atoms with van der Waals surface area (Å²) in [6.07, 6.45) is -0.680. The number of hydrogen-bond acceptors (Lipinski definition) is 4. The van der Waals surface area contributed by atoms with Crippen molar-refractivity contribution < 1.29 is 14.6 Å². The highest BCUT2D eigenvalue weighted by molar-refractivity contribution is 5.75. The van der Waals surface area contributed by atoms with Gasteiger partial charge >= 0.3 is 0 Å². The third-order valence-corrected chi connectivity index (χ3v) is 5.04. The van der Waals surface area contributed by atoms with Gasteiger partial charge in [-0.3, -0.25) is 0 Å². The second kappa shape index (κ2) is 9.01. The molecule has 0 aliphatic rings. The highest BCUT2D eigenvalue weighted by Crippen LogP contribution is 2.20. The monoisotopic (exact) mass is 402 g/mol. The number of imidazole rings is 1. The Morgan fingerprint density at radius 1 is 0.900 bits per heavy atom. The van der Waals surface area contributed by atoms with Crippen molar-refractivity contribution in [3.05, 3.63) is 89.7 Å². The molecule has 0 aliphatic carbocycles. The average molecular weight is 402 g/mol. The second-order valence-corrected chi connectivity index (χ2v) is 7.46. The van der Waals surface area contributed by atoms with E-state index in [0.717, 1.165) is 33.9 Å².